The Morgan fingerprint density at radius 3 is 2.62 bits per heavy atom. The molecule has 1 aromatic heterocycles. The Labute approximate surface area is 154 Å². The molecular formula is C19H24N4O2S. The van der Waals surface area contributed by atoms with Crippen LogP contribution in [0.15, 0.2) is 41.6 Å². The van der Waals surface area contributed by atoms with Gasteiger partial charge in [-0.15, -0.1) is 0 Å². The number of hydrogen-bond donors (Lipinski definition) is 1. The highest BCUT2D eigenvalue weighted by atomic mass is 32.2. The van der Waals surface area contributed by atoms with Gasteiger partial charge in [0.05, 0.1) is 4.90 Å². The molecule has 2 aliphatic rings. The summed E-state index contributed by atoms with van der Waals surface area (Å²) in [6, 6.07) is 7.23. The summed E-state index contributed by atoms with van der Waals surface area (Å²) in [5.74, 6) is 0.658. The van der Waals surface area contributed by atoms with E-state index in [0.29, 0.717) is 17.4 Å². The molecule has 0 bridgehead atoms. The summed E-state index contributed by atoms with van der Waals surface area (Å²) < 4.78 is 28.6. The maximum atomic E-state index is 12.9. The zero-order chi connectivity index (χ0) is 18.0. The number of fused-ring (bicyclic) bond motifs is 1. The van der Waals surface area contributed by atoms with Crippen molar-refractivity contribution in [2.45, 2.75) is 49.5 Å². The molecule has 26 heavy (non-hydrogen) atoms. The van der Waals surface area contributed by atoms with Gasteiger partial charge in [0.1, 0.15) is 0 Å². The van der Waals surface area contributed by atoms with Gasteiger partial charge >= 0.3 is 0 Å². The number of benzene rings is 1. The predicted molar refractivity (Wildman–Crippen MR) is 101 cm³/mol. The van der Waals surface area contributed by atoms with Gasteiger partial charge in [0.2, 0.25) is 16.0 Å². The van der Waals surface area contributed by atoms with Crippen molar-refractivity contribution in [1.82, 2.24) is 14.7 Å². The van der Waals surface area contributed by atoms with Crippen LogP contribution in [0.25, 0.3) is 0 Å². The van der Waals surface area contributed by atoms with Gasteiger partial charge in [0, 0.05) is 31.5 Å². The molecule has 0 amide bonds. The van der Waals surface area contributed by atoms with Crippen LogP contribution in [0.3, 0.4) is 0 Å². The van der Waals surface area contributed by atoms with Gasteiger partial charge in [-0.1, -0.05) is 6.07 Å². The number of hydrogen-bond acceptors (Lipinski definition) is 5. The molecule has 1 aromatic carbocycles. The first-order valence-corrected chi connectivity index (χ1v) is 10.8. The predicted octanol–water partition coefficient (Wildman–Crippen LogP) is 2.30. The first kappa shape index (κ1) is 17.4. The minimum Gasteiger partial charge on any atom is -0.339 e. The standard InChI is InChI=1S/C19H24N4O2S/c24-26(25,18-9-8-15-5-1-2-6-16(15)13-18)22-17-7-3-12-23(14-17)19-20-10-4-11-21-19/h4,8-11,13,17,22H,1-3,5-7,12,14H2. The van der Waals surface area contributed by atoms with E-state index in [1.807, 2.05) is 17.0 Å². The zero-order valence-electron chi connectivity index (χ0n) is 14.8. The molecule has 2 aromatic rings. The Morgan fingerprint density at radius 1 is 1.04 bits per heavy atom. The number of aromatic nitrogens is 2. The summed E-state index contributed by atoms with van der Waals surface area (Å²) in [6.45, 7) is 1.44. The van der Waals surface area contributed by atoms with Gasteiger partial charge in [-0.25, -0.2) is 23.1 Å². The molecule has 1 saturated heterocycles. The van der Waals surface area contributed by atoms with E-state index in [1.54, 1.807) is 24.5 Å². The third kappa shape index (κ3) is 3.73. The third-order valence-corrected chi connectivity index (χ3v) is 6.73. The highest BCUT2D eigenvalue weighted by Gasteiger charge is 2.27. The molecule has 6 nitrogen and oxygen atoms in total. The molecule has 1 atom stereocenters. The highest BCUT2D eigenvalue weighted by molar-refractivity contribution is 7.89. The number of anilines is 1. The van der Waals surface area contributed by atoms with Gasteiger partial charge in [0.25, 0.3) is 0 Å². The first-order valence-electron chi connectivity index (χ1n) is 9.28. The van der Waals surface area contributed by atoms with Crippen LogP contribution in [0, 0.1) is 0 Å². The van der Waals surface area contributed by atoms with Crippen LogP contribution in [0.2, 0.25) is 0 Å². The van der Waals surface area contributed by atoms with E-state index in [1.165, 1.54) is 17.5 Å². The fourth-order valence-corrected chi connectivity index (χ4v) is 5.19. The lowest BCUT2D eigenvalue weighted by atomic mass is 9.92. The number of sulfonamides is 1. The van der Waals surface area contributed by atoms with Gasteiger partial charge in [0.15, 0.2) is 0 Å². The van der Waals surface area contributed by atoms with Crippen molar-refractivity contribution in [2.75, 3.05) is 18.0 Å². The number of piperidine rings is 1. The summed E-state index contributed by atoms with van der Waals surface area (Å²) in [5, 5.41) is 0. The van der Waals surface area contributed by atoms with Gasteiger partial charge in [-0.05, 0) is 67.9 Å². The summed E-state index contributed by atoms with van der Waals surface area (Å²) in [5.41, 5.74) is 2.47. The summed E-state index contributed by atoms with van der Waals surface area (Å²) in [6.07, 6.45) is 9.52. The van der Waals surface area contributed by atoms with E-state index in [4.69, 9.17) is 0 Å². The molecule has 0 radical (unpaired) electrons. The maximum absolute atomic E-state index is 12.9. The summed E-state index contributed by atoms with van der Waals surface area (Å²) >= 11 is 0. The Balaban J connectivity index is 1.49. The van der Waals surface area contributed by atoms with Gasteiger partial charge in [-0.2, -0.15) is 0 Å². The van der Waals surface area contributed by atoms with Crippen LogP contribution < -0.4 is 9.62 Å². The largest absolute Gasteiger partial charge is 0.339 e. The normalized spacial score (nSPS) is 20.6. The van der Waals surface area contributed by atoms with Crippen LogP contribution >= 0.6 is 0 Å². The second-order valence-electron chi connectivity index (χ2n) is 7.09. The second-order valence-corrected chi connectivity index (χ2v) is 8.81. The van der Waals surface area contributed by atoms with Crippen molar-refractivity contribution in [2.24, 2.45) is 0 Å². The maximum Gasteiger partial charge on any atom is 0.240 e. The Morgan fingerprint density at radius 2 is 1.81 bits per heavy atom. The molecule has 0 saturated carbocycles. The van der Waals surface area contributed by atoms with Crippen molar-refractivity contribution in [1.29, 1.82) is 0 Å². The van der Waals surface area contributed by atoms with E-state index >= 15 is 0 Å². The lowest BCUT2D eigenvalue weighted by Crippen LogP contribution is -2.48. The fraction of sp³-hybridized carbons (Fsp3) is 0.474. The quantitative estimate of drug-likeness (QED) is 0.891. The molecule has 1 unspecified atom stereocenters. The van der Waals surface area contributed by atoms with Crippen LogP contribution in [0.4, 0.5) is 5.95 Å². The van der Waals surface area contributed by atoms with E-state index in [0.717, 1.165) is 38.6 Å². The average Bonchev–Trinajstić information content (AvgIpc) is 2.68. The number of rotatable bonds is 4. The Hall–Kier alpha value is -1.99. The van der Waals surface area contributed by atoms with E-state index < -0.39 is 10.0 Å². The van der Waals surface area contributed by atoms with Gasteiger partial charge < -0.3 is 4.90 Å². The molecule has 1 N–H and O–H groups in total. The minimum atomic E-state index is -3.52. The van der Waals surface area contributed by atoms with Crippen molar-refractivity contribution in [3.05, 3.63) is 47.8 Å². The number of aryl methyl sites for hydroxylation is 2. The number of nitrogens with one attached hydrogen (secondary N) is 1. The summed E-state index contributed by atoms with van der Waals surface area (Å²) in [7, 11) is -3.52. The van der Waals surface area contributed by atoms with Crippen LogP contribution in [0.1, 0.15) is 36.8 Å². The highest BCUT2D eigenvalue weighted by Crippen LogP contribution is 2.25. The van der Waals surface area contributed by atoms with E-state index in [-0.39, 0.29) is 6.04 Å². The monoisotopic (exact) mass is 372 g/mol. The van der Waals surface area contributed by atoms with Crippen molar-refractivity contribution >= 4 is 16.0 Å². The number of nitrogens with zero attached hydrogens (tertiary/aromatic N) is 3. The average molecular weight is 372 g/mol. The lowest BCUT2D eigenvalue weighted by Gasteiger charge is -2.33. The van der Waals surface area contributed by atoms with Crippen molar-refractivity contribution in [3.8, 4) is 0 Å². The SMILES string of the molecule is O=S(=O)(NC1CCCN(c2ncccn2)C1)c1ccc2c(c1)CCCC2. The Bertz CT molecular complexity index is 870. The third-order valence-electron chi connectivity index (χ3n) is 5.21. The zero-order valence-corrected chi connectivity index (χ0v) is 15.6. The van der Waals surface area contributed by atoms with Gasteiger partial charge in [-0.3, -0.25) is 0 Å². The first-order chi connectivity index (χ1) is 12.6. The van der Waals surface area contributed by atoms with E-state index in [9.17, 15) is 8.42 Å². The van der Waals surface area contributed by atoms with Crippen molar-refractivity contribution in [3.63, 3.8) is 0 Å². The fourth-order valence-electron chi connectivity index (χ4n) is 3.87. The molecule has 1 aliphatic heterocycles. The molecule has 2 heterocycles. The molecular weight excluding hydrogens is 348 g/mol. The second kappa shape index (κ2) is 7.32. The minimum absolute atomic E-state index is 0.131. The van der Waals surface area contributed by atoms with Crippen LogP contribution in [-0.4, -0.2) is 37.5 Å². The molecule has 4 rings (SSSR count). The molecule has 7 heteroatoms. The smallest absolute Gasteiger partial charge is 0.240 e. The van der Waals surface area contributed by atoms with Crippen LogP contribution in [-0.2, 0) is 22.9 Å². The molecule has 0 spiro atoms. The van der Waals surface area contributed by atoms with Crippen LogP contribution in [0.5, 0.6) is 0 Å². The molecule has 1 fully saturated rings. The Kier molecular flexibility index (Phi) is 4.91. The topological polar surface area (TPSA) is 75.2 Å². The lowest BCUT2D eigenvalue weighted by molar-refractivity contribution is 0.461. The van der Waals surface area contributed by atoms with E-state index in [2.05, 4.69) is 14.7 Å². The molecule has 138 valence electrons. The summed E-state index contributed by atoms with van der Waals surface area (Å²) in [4.78, 5) is 11.0. The van der Waals surface area contributed by atoms with Crippen molar-refractivity contribution < 1.29 is 8.42 Å². The molecule has 1 aliphatic carbocycles.